The highest BCUT2D eigenvalue weighted by molar-refractivity contribution is 6.36. The number of fused-ring (bicyclic) bond motifs is 2. The molecule has 0 aliphatic carbocycles. The van der Waals surface area contributed by atoms with Gasteiger partial charge in [0.2, 0.25) is 5.88 Å². The summed E-state index contributed by atoms with van der Waals surface area (Å²) in [5.74, 6) is 0.539. The van der Waals surface area contributed by atoms with Crippen LogP contribution < -0.4 is 4.74 Å². The van der Waals surface area contributed by atoms with E-state index in [1.165, 1.54) is 0 Å². The van der Waals surface area contributed by atoms with Gasteiger partial charge in [-0.15, -0.1) is 4.91 Å². The second kappa shape index (κ2) is 6.69. The number of halogens is 1. The molecule has 4 rings (SSSR count). The summed E-state index contributed by atoms with van der Waals surface area (Å²) in [4.78, 5) is 11.1. The molecule has 0 unspecified atom stereocenters. The Morgan fingerprint density at radius 3 is 2.65 bits per heavy atom. The van der Waals surface area contributed by atoms with E-state index in [9.17, 15) is 10.0 Å². The maximum atomic E-state index is 11.1. The molecule has 0 radical (unpaired) electrons. The van der Waals surface area contributed by atoms with E-state index in [4.69, 9.17) is 16.3 Å². The normalized spacial score (nSPS) is 11.1. The molecule has 0 saturated carbocycles. The molecular formula is C20H15ClN2O3. The predicted octanol–water partition coefficient (Wildman–Crippen LogP) is 5.63. The molecule has 1 heterocycles. The zero-order valence-corrected chi connectivity index (χ0v) is 14.5. The summed E-state index contributed by atoms with van der Waals surface area (Å²) >= 11 is 6.16. The van der Waals surface area contributed by atoms with Crippen LogP contribution in [0.5, 0.6) is 11.6 Å². The lowest BCUT2D eigenvalue weighted by Crippen LogP contribution is -2.07. The van der Waals surface area contributed by atoms with Crippen molar-refractivity contribution >= 4 is 39.0 Å². The van der Waals surface area contributed by atoms with Gasteiger partial charge in [-0.2, -0.15) is 0 Å². The maximum absolute atomic E-state index is 11.1. The summed E-state index contributed by atoms with van der Waals surface area (Å²) in [6.07, 6.45) is 0. The van der Waals surface area contributed by atoms with Gasteiger partial charge >= 0.3 is 0 Å². The molecule has 0 bridgehead atoms. The Balaban J connectivity index is 1.59. The molecule has 0 amide bonds. The fourth-order valence-corrected chi connectivity index (χ4v) is 3.41. The van der Waals surface area contributed by atoms with E-state index in [2.05, 4.69) is 5.18 Å². The molecule has 0 spiro atoms. The first kappa shape index (κ1) is 16.4. The lowest BCUT2D eigenvalue weighted by atomic mass is 10.1. The Labute approximate surface area is 154 Å². The topological polar surface area (TPSA) is 63.8 Å². The van der Waals surface area contributed by atoms with E-state index in [0.717, 1.165) is 16.5 Å². The number of ether oxygens (including phenoxy) is 1. The molecular weight excluding hydrogens is 352 g/mol. The zero-order chi connectivity index (χ0) is 18.1. The van der Waals surface area contributed by atoms with Crippen molar-refractivity contribution in [2.75, 3.05) is 6.61 Å². The van der Waals surface area contributed by atoms with Crippen LogP contribution in [0.15, 0.2) is 65.8 Å². The number of hydrogen-bond donors (Lipinski definition) is 1. The largest absolute Gasteiger partial charge is 0.493 e. The minimum atomic E-state index is -0.204. The van der Waals surface area contributed by atoms with Gasteiger partial charge in [0.15, 0.2) is 5.69 Å². The highest BCUT2D eigenvalue weighted by Crippen LogP contribution is 2.41. The molecule has 3 aromatic carbocycles. The third kappa shape index (κ3) is 2.76. The summed E-state index contributed by atoms with van der Waals surface area (Å²) in [5.41, 5.74) is 0.600. The number of rotatable bonds is 5. The van der Waals surface area contributed by atoms with Gasteiger partial charge in [0.05, 0.1) is 22.5 Å². The van der Waals surface area contributed by atoms with Crippen LogP contribution in [0.1, 0.15) is 0 Å². The van der Waals surface area contributed by atoms with E-state index in [-0.39, 0.29) is 11.6 Å². The molecule has 0 saturated heterocycles. The summed E-state index contributed by atoms with van der Waals surface area (Å²) in [5, 5.41) is 16.3. The van der Waals surface area contributed by atoms with Gasteiger partial charge in [-0.25, -0.2) is 0 Å². The van der Waals surface area contributed by atoms with E-state index in [0.29, 0.717) is 29.1 Å². The fourth-order valence-electron chi connectivity index (χ4n) is 3.15. The van der Waals surface area contributed by atoms with E-state index in [1.807, 2.05) is 42.5 Å². The first-order valence-electron chi connectivity index (χ1n) is 8.13. The average molecular weight is 367 g/mol. The van der Waals surface area contributed by atoms with Crippen molar-refractivity contribution in [1.82, 2.24) is 4.57 Å². The smallest absolute Gasteiger partial charge is 0.222 e. The summed E-state index contributed by atoms with van der Waals surface area (Å²) in [6, 6.07) is 19.1. The number of nitrogens with zero attached hydrogens (tertiary/aromatic N) is 2. The molecule has 0 atom stereocenters. The summed E-state index contributed by atoms with van der Waals surface area (Å²) in [7, 11) is 0. The molecule has 130 valence electrons. The minimum absolute atomic E-state index is 0.0451. The van der Waals surface area contributed by atoms with Crippen LogP contribution in [0.3, 0.4) is 0 Å². The van der Waals surface area contributed by atoms with Gasteiger partial charge in [0.1, 0.15) is 12.4 Å². The van der Waals surface area contributed by atoms with Crippen molar-refractivity contribution in [3.05, 3.63) is 70.6 Å². The first-order chi connectivity index (χ1) is 12.7. The van der Waals surface area contributed by atoms with E-state index in [1.54, 1.807) is 22.8 Å². The predicted molar refractivity (Wildman–Crippen MR) is 104 cm³/mol. The minimum Gasteiger partial charge on any atom is -0.493 e. The molecule has 5 nitrogen and oxygen atoms in total. The van der Waals surface area contributed by atoms with Crippen molar-refractivity contribution in [1.29, 1.82) is 0 Å². The monoisotopic (exact) mass is 366 g/mol. The SMILES string of the molecule is O=Nc1c(O)n(CCOc2ccc3ccccc3c2)c2cccc(Cl)c12. The van der Waals surface area contributed by atoms with Crippen molar-refractivity contribution in [2.24, 2.45) is 5.18 Å². The maximum Gasteiger partial charge on any atom is 0.222 e. The Bertz CT molecular complexity index is 1120. The molecule has 0 aliphatic rings. The molecule has 0 aliphatic heterocycles. The van der Waals surface area contributed by atoms with Crippen LogP contribution in [-0.2, 0) is 6.54 Å². The van der Waals surface area contributed by atoms with Gasteiger partial charge in [-0.1, -0.05) is 48.0 Å². The Hall–Kier alpha value is -3.05. The molecule has 4 aromatic rings. The van der Waals surface area contributed by atoms with Crippen LogP contribution in [0.25, 0.3) is 21.7 Å². The highest BCUT2D eigenvalue weighted by atomic mass is 35.5. The highest BCUT2D eigenvalue weighted by Gasteiger charge is 2.19. The number of benzene rings is 3. The number of nitroso groups, excluding NO2 is 1. The van der Waals surface area contributed by atoms with Gasteiger partial charge in [0.25, 0.3) is 0 Å². The van der Waals surface area contributed by atoms with Crippen LogP contribution in [0, 0.1) is 4.91 Å². The van der Waals surface area contributed by atoms with Gasteiger partial charge in [-0.3, -0.25) is 0 Å². The second-order valence-corrected chi connectivity index (χ2v) is 6.31. The molecule has 6 heteroatoms. The Kier molecular flexibility index (Phi) is 4.22. The standard InChI is InChI=1S/C20H15ClN2O3/c21-16-6-3-7-17-18(16)19(22-25)20(24)23(17)10-11-26-15-9-8-13-4-1-2-5-14(13)12-15/h1-9,12,24H,10-11H2. The molecule has 0 fully saturated rings. The van der Waals surface area contributed by atoms with E-state index >= 15 is 0 Å². The first-order valence-corrected chi connectivity index (χ1v) is 8.51. The van der Waals surface area contributed by atoms with Crippen molar-refractivity contribution < 1.29 is 9.84 Å². The van der Waals surface area contributed by atoms with Gasteiger partial charge in [0, 0.05) is 0 Å². The second-order valence-electron chi connectivity index (χ2n) is 5.91. The van der Waals surface area contributed by atoms with Gasteiger partial charge < -0.3 is 14.4 Å². The van der Waals surface area contributed by atoms with Gasteiger partial charge in [-0.05, 0) is 40.2 Å². The third-order valence-electron chi connectivity index (χ3n) is 4.38. The average Bonchev–Trinajstić information content (AvgIpc) is 2.94. The number of hydrogen-bond acceptors (Lipinski definition) is 4. The number of aromatic nitrogens is 1. The molecule has 1 N–H and O–H groups in total. The van der Waals surface area contributed by atoms with Crippen molar-refractivity contribution in [3.63, 3.8) is 0 Å². The fraction of sp³-hybridized carbons (Fsp3) is 0.100. The van der Waals surface area contributed by atoms with Crippen LogP contribution in [0.2, 0.25) is 5.02 Å². The van der Waals surface area contributed by atoms with Crippen molar-refractivity contribution in [3.8, 4) is 11.6 Å². The Morgan fingerprint density at radius 1 is 1.04 bits per heavy atom. The van der Waals surface area contributed by atoms with Crippen LogP contribution >= 0.6 is 11.6 Å². The number of aromatic hydroxyl groups is 1. The Morgan fingerprint density at radius 2 is 1.85 bits per heavy atom. The summed E-state index contributed by atoms with van der Waals surface area (Å²) in [6.45, 7) is 0.672. The van der Waals surface area contributed by atoms with Crippen LogP contribution in [0.4, 0.5) is 5.69 Å². The van der Waals surface area contributed by atoms with Crippen molar-refractivity contribution in [2.45, 2.75) is 6.54 Å². The lowest BCUT2D eigenvalue weighted by Gasteiger charge is -2.10. The third-order valence-corrected chi connectivity index (χ3v) is 4.70. The zero-order valence-electron chi connectivity index (χ0n) is 13.7. The summed E-state index contributed by atoms with van der Waals surface area (Å²) < 4.78 is 7.40. The lowest BCUT2D eigenvalue weighted by molar-refractivity contribution is 0.291. The quantitative estimate of drug-likeness (QED) is 0.465. The molecule has 26 heavy (non-hydrogen) atoms. The van der Waals surface area contributed by atoms with Crippen LogP contribution in [-0.4, -0.2) is 16.3 Å². The van der Waals surface area contributed by atoms with E-state index < -0.39 is 0 Å². The molecule has 1 aromatic heterocycles.